The molecule has 0 radical (unpaired) electrons. The van der Waals surface area contributed by atoms with Crippen molar-refractivity contribution < 1.29 is 24.0 Å². The molecule has 0 aromatic heterocycles. The van der Waals surface area contributed by atoms with Crippen LogP contribution in [-0.4, -0.2) is 24.6 Å². The molecule has 0 nitrogen and oxygen atoms in total. The van der Waals surface area contributed by atoms with Crippen LogP contribution < -0.4 is 24.0 Å². The maximum Gasteiger partial charge on any atom is 0.0594 e. The molecule has 0 bridgehead atoms. The van der Waals surface area contributed by atoms with Crippen LogP contribution in [0.25, 0.3) is 0 Å². The summed E-state index contributed by atoms with van der Waals surface area (Å²) in [7, 11) is -0.722. The van der Waals surface area contributed by atoms with Crippen molar-refractivity contribution >= 4 is 7.26 Å². The molecule has 0 N–H and O–H groups in total. The van der Waals surface area contributed by atoms with E-state index in [4.69, 9.17) is 0 Å². The van der Waals surface area contributed by atoms with E-state index in [1.54, 1.807) is 50.3 Å². The fourth-order valence-electron chi connectivity index (χ4n) is 6.11. The lowest BCUT2D eigenvalue weighted by atomic mass is 10.1. The van der Waals surface area contributed by atoms with Crippen LogP contribution in [0.5, 0.6) is 0 Å². The Morgan fingerprint density at radius 3 is 0.595 bits per heavy atom. The number of rotatable bonds is 31. The van der Waals surface area contributed by atoms with Gasteiger partial charge in [-0.3, -0.25) is 0 Å². The molecule has 0 aliphatic heterocycles. The van der Waals surface area contributed by atoms with E-state index in [1.807, 2.05) is 0 Å². The summed E-state index contributed by atoms with van der Waals surface area (Å²) >= 11 is 0. The molecule has 0 fully saturated rings. The average molecular weight is 653 g/mol. The molecule has 0 rings (SSSR count). The normalized spacial score (nSPS) is 11.7. The van der Waals surface area contributed by atoms with Gasteiger partial charge in [0.2, 0.25) is 0 Å². The van der Waals surface area contributed by atoms with Crippen molar-refractivity contribution in [3.05, 3.63) is 0 Å². The van der Waals surface area contributed by atoms with Crippen LogP contribution in [-0.2, 0) is 0 Å². The van der Waals surface area contributed by atoms with Gasteiger partial charge in [-0.05, 0) is 51.4 Å². The van der Waals surface area contributed by atoms with Crippen LogP contribution in [0.4, 0.5) is 0 Å². The molecule has 0 unspecified atom stereocenters. The third-order valence-corrected chi connectivity index (χ3v) is 13.8. The highest BCUT2D eigenvalue weighted by atomic mass is 127. The minimum absolute atomic E-state index is 0. The second-order valence-corrected chi connectivity index (χ2v) is 16.8. The third kappa shape index (κ3) is 28.5. The van der Waals surface area contributed by atoms with Crippen LogP contribution in [0, 0.1) is 0 Å². The Kier molecular flexibility index (Phi) is 36.3. The molecule has 0 saturated carbocycles. The lowest BCUT2D eigenvalue weighted by molar-refractivity contribution is -0.00000821. The van der Waals surface area contributed by atoms with Crippen LogP contribution in [0.3, 0.4) is 0 Å². The van der Waals surface area contributed by atoms with Gasteiger partial charge in [-0.25, -0.2) is 0 Å². The van der Waals surface area contributed by atoms with Crippen LogP contribution in [0.1, 0.15) is 201 Å². The predicted molar refractivity (Wildman–Crippen MR) is 174 cm³/mol. The summed E-state index contributed by atoms with van der Waals surface area (Å²) < 4.78 is 0. The molecular weight excluding hydrogens is 578 g/mol. The summed E-state index contributed by atoms with van der Waals surface area (Å²) in [6, 6.07) is 0. The fraction of sp³-hybridized carbons (Fsp3) is 1.00. The van der Waals surface area contributed by atoms with E-state index in [-0.39, 0.29) is 24.0 Å². The summed E-state index contributed by atoms with van der Waals surface area (Å²) in [5.74, 6) is 0. The van der Waals surface area contributed by atoms with Crippen molar-refractivity contribution in [2.75, 3.05) is 24.6 Å². The van der Waals surface area contributed by atoms with Crippen molar-refractivity contribution in [3.8, 4) is 0 Å². The molecule has 0 heterocycles. The zero-order valence-corrected chi connectivity index (χ0v) is 29.8. The number of hydrogen-bond donors (Lipinski definition) is 0. The Balaban J connectivity index is 0. The molecule has 0 amide bonds. The van der Waals surface area contributed by atoms with E-state index in [2.05, 4.69) is 27.7 Å². The first-order valence-electron chi connectivity index (χ1n) is 17.6. The SMILES string of the molecule is CCCCCCCCCCCCCC[P+](CCCCCCC)(CCCCCCC)CCCCCCC.[I-]. The molecule has 0 atom stereocenters. The molecular formula is C35H74IP. The molecule has 226 valence electrons. The topological polar surface area (TPSA) is 0 Å². The van der Waals surface area contributed by atoms with Crippen LogP contribution in [0.15, 0.2) is 0 Å². The second kappa shape index (κ2) is 33.4. The molecule has 0 spiro atoms. The summed E-state index contributed by atoms with van der Waals surface area (Å²) in [5, 5.41) is 0. The van der Waals surface area contributed by atoms with Gasteiger partial charge in [0, 0.05) is 7.26 Å². The van der Waals surface area contributed by atoms with Gasteiger partial charge < -0.3 is 24.0 Å². The lowest BCUT2D eigenvalue weighted by Gasteiger charge is -2.28. The smallest absolute Gasteiger partial charge is 0.0594 e. The maximum atomic E-state index is 2.36. The highest BCUT2D eigenvalue weighted by molar-refractivity contribution is 7.75. The molecule has 0 aliphatic carbocycles. The van der Waals surface area contributed by atoms with E-state index < -0.39 is 7.26 Å². The molecule has 0 saturated heterocycles. The first-order valence-corrected chi connectivity index (χ1v) is 20.1. The van der Waals surface area contributed by atoms with Gasteiger partial charge in [-0.1, -0.05) is 150 Å². The zero-order valence-electron chi connectivity index (χ0n) is 26.7. The first kappa shape index (κ1) is 40.3. The largest absolute Gasteiger partial charge is 1.00 e. The van der Waals surface area contributed by atoms with Gasteiger partial charge in [0.25, 0.3) is 0 Å². The first-order chi connectivity index (χ1) is 17.7. The molecule has 37 heavy (non-hydrogen) atoms. The van der Waals surface area contributed by atoms with E-state index in [9.17, 15) is 0 Å². The number of unbranched alkanes of at least 4 members (excludes halogenated alkanes) is 23. The van der Waals surface area contributed by atoms with Crippen molar-refractivity contribution in [1.82, 2.24) is 0 Å². The van der Waals surface area contributed by atoms with Gasteiger partial charge in [0.15, 0.2) is 0 Å². The van der Waals surface area contributed by atoms with Crippen molar-refractivity contribution in [2.24, 2.45) is 0 Å². The van der Waals surface area contributed by atoms with Gasteiger partial charge in [0.05, 0.1) is 24.6 Å². The Bertz CT molecular complexity index is 361. The second-order valence-electron chi connectivity index (χ2n) is 12.4. The minimum atomic E-state index is -0.722. The standard InChI is InChI=1S/C35H74P.HI/c1-5-9-13-17-18-19-20-21-22-23-27-31-35-36(32-28-24-14-10-6-2,33-29-25-15-11-7-3)34-30-26-16-12-8-4;/h5-35H2,1-4H3;1H/q+1;/p-1. The Morgan fingerprint density at radius 1 is 0.243 bits per heavy atom. The van der Waals surface area contributed by atoms with E-state index in [0.29, 0.717) is 0 Å². The van der Waals surface area contributed by atoms with Gasteiger partial charge >= 0.3 is 0 Å². The summed E-state index contributed by atoms with van der Waals surface area (Å²) in [5.41, 5.74) is 0. The Labute approximate surface area is 255 Å². The van der Waals surface area contributed by atoms with Gasteiger partial charge in [-0.2, -0.15) is 0 Å². The fourth-order valence-corrected chi connectivity index (χ4v) is 11.0. The minimum Gasteiger partial charge on any atom is -1.00 e. The summed E-state index contributed by atoms with van der Waals surface area (Å²) in [6.45, 7) is 9.40. The van der Waals surface area contributed by atoms with E-state index in [0.717, 1.165) is 0 Å². The van der Waals surface area contributed by atoms with Gasteiger partial charge in [-0.15, -0.1) is 0 Å². The molecule has 0 aromatic carbocycles. The average Bonchev–Trinajstić information content (AvgIpc) is 2.89. The Hall–Kier alpha value is 1.16. The van der Waals surface area contributed by atoms with E-state index >= 15 is 0 Å². The number of halogens is 1. The van der Waals surface area contributed by atoms with Crippen LogP contribution >= 0.6 is 7.26 Å². The van der Waals surface area contributed by atoms with Crippen LogP contribution in [0.2, 0.25) is 0 Å². The quantitative estimate of drug-likeness (QED) is 0.0397. The zero-order chi connectivity index (χ0) is 26.4. The summed E-state index contributed by atoms with van der Waals surface area (Å²) in [6.07, 6.45) is 46.6. The van der Waals surface area contributed by atoms with Gasteiger partial charge in [0.1, 0.15) is 0 Å². The molecule has 2 heteroatoms. The highest BCUT2D eigenvalue weighted by Gasteiger charge is 2.34. The number of hydrogen-bond acceptors (Lipinski definition) is 0. The lowest BCUT2D eigenvalue weighted by Crippen LogP contribution is -3.00. The van der Waals surface area contributed by atoms with E-state index in [1.165, 1.54) is 148 Å². The highest BCUT2D eigenvalue weighted by Crippen LogP contribution is 2.61. The predicted octanol–water partition coefficient (Wildman–Crippen LogP) is 10.6. The third-order valence-electron chi connectivity index (χ3n) is 8.69. The van der Waals surface area contributed by atoms with Crippen molar-refractivity contribution in [2.45, 2.75) is 201 Å². The monoisotopic (exact) mass is 652 g/mol. The van der Waals surface area contributed by atoms with Crippen molar-refractivity contribution in [1.29, 1.82) is 0 Å². The summed E-state index contributed by atoms with van der Waals surface area (Å²) in [4.78, 5) is 0. The molecule has 0 aromatic rings. The van der Waals surface area contributed by atoms with Crippen molar-refractivity contribution in [3.63, 3.8) is 0 Å². The maximum absolute atomic E-state index is 2.36. The Morgan fingerprint density at radius 2 is 0.405 bits per heavy atom. The molecule has 0 aliphatic rings.